The number of ether oxygens (including phenoxy) is 1. The van der Waals surface area contributed by atoms with E-state index in [-0.39, 0.29) is 5.56 Å². The Morgan fingerprint density at radius 1 is 1.09 bits per heavy atom. The van der Waals surface area contributed by atoms with E-state index in [0.29, 0.717) is 23.6 Å². The Balaban J connectivity index is 1.90. The summed E-state index contributed by atoms with van der Waals surface area (Å²) in [5.41, 5.74) is 8.74. The summed E-state index contributed by atoms with van der Waals surface area (Å²) in [6, 6.07) is 16.5. The molecule has 0 aliphatic rings. The molecular formula is C18H17N3O2. The quantitative estimate of drug-likeness (QED) is 0.726. The molecule has 23 heavy (non-hydrogen) atoms. The van der Waals surface area contributed by atoms with Crippen molar-refractivity contribution < 1.29 is 4.74 Å². The van der Waals surface area contributed by atoms with Crippen LogP contribution in [0.15, 0.2) is 59.4 Å². The second kappa shape index (κ2) is 6.36. The summed E-state index contributed by atoms with van der Waals surface area (Å²) >= 11 is 0. The highest BCUT2D eigenvalue weighted by molar-refractivity contribution is 5.61. The predicted molar refractivity (Wildman–Crippen MR) is 90.5 cm³/mol. The fourth-order valence-electron chi connectivity index (χ4n) is 2.33. The third-order valence-corrected chi connectivity index (χ3v) is 3.53. The molecule has 5 heteroatoms. The summed E-state index contributed by atoms with van der Waals surface area (Å²) in [5.74, 6) is 1.42. The van der Waals surface area contributed by atoms with Gasteiger partial charge in [-0.2, -0.15) is 0 Å². The highest BCUT2D eigenvalue weighted by atomic mass is 16.5. The maximum atomic E-state index is 11.9. The maximum Gasteiger partial charge on any atom is 0.251 e. The van der Waals surface area contributed by atoms with Gasteiger partial charge in [-0.25, -0.2) is 4.98 Å². The maximum absolute atomic E-state index is 11.9. The third-order valence-electron chi connectivity index (χ3n) is 3.53. The van der Waals surface area contributed by atoms with Crippen molar-refractivity contribution in [3.8, 4) is 17.0 Å². The first-order valence-corrected chi connectivity index (χ1v) is 7.23. The van der Waals surface area contributed by atoms with Crippen LogP contribution in [0.2, 0.25) is 0 Å². The molecule has 2 aromatic carbocycles. The van der Waals surface area contributed by atoms with Gasteiger partial charge < -0.3 is 15.5 Å². The first kappa shape index (κ1) is 14.8. The number of nitrogens with two attached hydrogens (primary N) is 1. The minimum absolute atomic E-state index is 0.171. The molecule has 0 aliphatic carbocycles. The molecule has 116 valence electrons. The number of hydrogen-bond acceptors (Lipinski definition) is 4. The molecule has 1 aromatic heterocycles. The van der Waals surface area contributed by atoms with Crippen molar-refractivity contribution in [1.29, 1.82) is 0 Å². The molecule has 5 nitrogen and oxygen atoms in total. The van der Waals surface area contributed by atoms with Gasteiger partial charge in [0.2, 0.25) is 0 Å². The minimum atomic E-state index is -0.171. The van der Waals surface area contributed by atoms with E-state index < -0.39 is 0 Å². The van der Waals surface area contributed by atoms with Gasteiger partial charge in [-0.3, -0.25) is 4.79 Å². The molecule has 0 atom stereocenters. The Kier molecular flexibility index (Phi) is 4.10. The largest absolute Gasteiger partial charge is 0.497 e. The van der Waals surface area contributed by atoms with Crippen LogP contribution in [0, 0.1) is 0 Å². The molecule has 0 amide bonds. The van der Waals surface area contributed by atoms with Gasteiger partial charge >= 0.3 is 0 Å². The Morgan fingerprint density at radius 2 is 1.78 bits per heavy atom. The van der Waals surface area contributed by atoms with E-state index in [4.69, 9.17) is 10.5 Å². The summed E-state index contributed by atoms with van der Waals surface area (Å²) in [4.78, 5) is 19.2. The molecule has 0 unspecified atom stereocenters. The highest BCUT2D eigenvalue weighted by Gasteiger charge is 2.05. The number of rotatable bonds is 4. The number of anilines is 1. The van der Waals surface area contributed by atoms with Crippen LogP contribution < -0.4 is 16.0 Å². The van der Waals surface area contributed by atoms with Gasteiger partial charge in [0.15, 0.2) is 0 Å². The fraction of sp³-hybridized carbons (Fsp3) is 0.111. The zero-order valence-electron chi connectivity index (χ0n) is 12.7. The van der Waals surface area contributed by atoms with E-state index in [0.717, 1.165) is 16.9 Å². The van der Waals surface area contributed by atoms with E-state index in [1.54, 1.807) is 19.2 Å². The number of methoxy groups -OCH3 is 1. The van der Waals surface area contributed by atoms with Crippen LogP contribution in [0.1, 0.15) is 11.4 Å². The molecule has 3 rings (SSSR count). The molecule has 0 saturated heterocycles. The van der Waals surface area contributed by atoms with Crippen molar-refractivity contribution in [2.24, 2.45) is 0 Å². The Morgan fingerprint density at radius 3 is 2.43 bits per heavy atom. The van der Waals surface area contributed by atoms with Crippen LogP contribution in [0.25, 0.3) is 11.3 Å². The van der Waals surface area contributed by atoms with Crippen LogP contribution in [0.5, 0.6) is 5.75 Å². The fourth-order valence-corrected chi connectivity index (χ4v) is 2.33. The SMILES string of the molecule is COc1ccc(Cc2nc(-c3ccc(N)cc3)cc(=O)[nH]2)cc1. The van der Waals surface area contributed by atoms with E-state index in [1.807, 2.05) is 36.4 Å². The zero-order chi connectivity index (χ0) is 16.2. The first-order chi connectivity index (χ1) is 11.1. The van der Waals surface area contributed by atoms with Gasteiger partial charge in [-0.05, 0) is 29.8 Å². The topological polar surface area (TPSA) is 81.0 Å². The van der Waals surface area contributed by atoms with E-state index in [2.05, 4.69) is 9.97 Å². The highest BCUT2D eigenvalue weighted by Crippen LogP contribution is 2.18. The number of hydrogen-bond donors (Lipinski definition) is 2. The van der Waals surface area contributed by atoms with Gasteiger partial charge in [-0.15, -0.1) is 0 Å². The summed E-state index contributed by atoms with van der Waals surface area (Å²) in [6.07, 6.45) is 0.544. The van der Waals surface area contributed by atoms with Gasteiger partial charge in [0, 0.05) is 23.7 Å². The zero-order valence-corrected chi connectivity index (χ0v) is 12.7. The lowest BCUT2D eigenvalue weighted by molar-refractivity contribution is 0.414. The van der Waals surface area contributed by atoms with Crippen molar-refractivity contribution in [3.63, 3.8) is 0 Å². The second-order valence-corrected chi connectivity index (χ2v) is 5.22. The molecule has 0 radical (unpaired) electrons. The number of aromatic nitrogens is 2. The van der Waals surface area contributed by atoms with E-state index >= 15 is 0 Å². The van der Waals surface area contributed by atoms with Crippen LogP contribution in [-0.4, -0.2) is 17.1 Å². The van der Waals surface area contributed by atoms with Crippen LogP contribution in [-0.2, 0) is 6.42 Å². The number of nitrogens with zero attached hydrogens (tertiary/aromatic N) is 1. The average molecular weight is 307 g/mol. The average Bonchev–Trinajstić information content (AvgIpc) is 2.56. The van der Waals surface area contributed by atoms with Crippen LogP contribution >= 0.6 is 0 Å². The Bertz CT molecular complexity index is 853. The molecule has 0 fully saturated rings. The van der Waals surface area contributed by atoms with Crippen molar-refractivity contribution in [2.45, 2.75) is 6.42 Å². The smallest absolute Gasteiger partial charge is 0.251 e. The number of aromatic amines is 1. The molecule has 0 aliphatic heterocycles. The van der Waals surface area contributed by atoms with Gasteiger partial charge in [0.25, 0.3) is 5.56 Å². The van der Waals surface area contributed by atoms with Crippen LogP contribution in [0.3, 0.4) is 0 Å². The van der Waals surface area contributed by atoms with Gasteiger partial charge in [-0.1, -0.05) is 24.3 Å². The molecule has 1 heterocycles. The minimum Gasteiger partial charge on any atom is -0.497 e. The predicted octanol–water partition coefficient (Wildman–Crippen LogP) is 2.62. The molecule has 3 N–H and O–H groups in total. The second-order valence-electron chi connectivity index (χ2n) is 5.22. The van der Waals surface area contributed by atoms with Gasteiger partial charge in [0.1, 0.15) is 11.6 Å². The van der Waals surface area contributed by atoms with Crippen molar-refractivity contribution in [2.75, 3.05) is 12.8 Å². The summed E-state index contributed by atoms with van der Waals surface area (Å²) < 4.78 is 5.14. The van der Waals surface area contributed by atoms with Crippen molar-refractivity contribution in [3.05, 3.63) is 76.3 Å². The number of nitrogens with one attached hydrogen (secondary N) is 1. The van der Waals surface area contributed by atoms with Crippen molar-refractivity contribution >= 4 is 5.69 Å². The van der Waals surface area contributed by atoms with E-state index in [1.165, 1.54) is 6.07 Å². The lowest BCUT2D eigenvalue weighted by Crippen LogP contribution is -2.11. The molecule has 0 spiro atoms. The number of nitrogen functional groups attached to an aromatic ring is 1. The Hall–Kier alpha value is -3.08. The number of H-pyrrole nitrogens is 1. The van der Waals surface area contributed by atoms with Crippen molar-refractivity contribution in [1.82, 2.24) is 9.97 Å². The lowest BCUT2D eigenvalue weighted by Gasteiger charge is -2.06. The monoisotopic (exact) mass is 307 g/mol. The molecule has 0 saturated carbocycles. The number of benzene rings is 2. The van der Waals surface area contributed by atoms with E-state index in [9.17, 15) is 4.79 Å². The van der Waals surface area contributed by atoms with Crippen LogP contribution in [0.4, 0.5) is 5.69 Å². The normalized spacial score (nSPS) is 10.5. The standard InChI is InChI=1S/C18H17N3O2/c1-23-15-8-2-12(3-9-15)10-17-20-16(11-18(22)21-17)13-4-6-14(19)7-5-13/h2-9,11H,10,19H2,1H3,(H,20,21,22). The lowest BCUT2D eigenvalue weighted by atomic mass is 10.1. The summed E-state index contributed by atoms with van der Waals surface area (Å²) in [7, 11) is 1.63. The molecule has 3 aromatic rings. The summed E-state index contributed by atoms with van der Waals surface area (Å²) in [6.45, 7) is 0. The van der Waals surface area contributed by atoms with Gasteiger partial charge in [0.05, 0.1) is 12.8 Å². The first-order valence-electron chi connectivity index (χ1n) is 7.23. The Labute approximate surface area is 133 Å². The molecular weight excluding hydrogens is 290 g/mol. The summed E-state index contributed by atoms with van der Waals surface area (Å²) in [5, 5.41) is 0. The molecule has 0 bridgehead atoms. The third kappa shape index (κ3) is 3.58.